The highest BCUT2D eigenvalue weighted by Gasteiger charge is 2.19. The lowest BCUT2D eigenvalue weighted by Gasteiger charge is -2.21. The van der Waals surface area contributed by atoms with Crippen LogP contribution in [0.25, 0.3) is 0 Å². The zero-order chi connectivity index (χ0) is 13.1. The van der Waals surface area contributed by atoms with Gasteiger partial charge in [0, 0.05) is 12.1 Å². The number of halogens is 1. The van der Waals surface area contributed by atoms with E-state index in [9.17, 15) is 9.18 Å². The molecule has 0 radical (unpaired) electrons. The zero-order valence-corrected chi connectivity index (χ0v) is 10.7. The molecular weight excluding hydrogens is 219 g/mol. The summed E-state index contributed by atoms with van der Waals surface area (Å²) in [5.74, 6) is -0.679. The van der Waals surface area contributed by atoms with E-state index in [0.717, 1.165) is 0 Å². The van der Waals surface area contributed by atoms with Gasteiger partial charge in [-0.05, 0) is 39.8 Å². The van der Waals surface area contributed by atoms with Gasteiger partial charge in [0.05, 0.1) is 11.3 Å². The first-order chi connectivity index (χ1) is 7.85. The van der Waals surface area contributed by atoms with E-state index in [1.165, 1.54) is 12.1 Å². The van der Waals surface area contributed by atoms with Gasteiger partial charge in [-0.25, -0.2) is 4.39 Å². The van der Waals surface area contributed by atoms with Crippen molar-refractivity contribution in [2.75, 3.05) is 11.9 Å². The molecule has 0 unspecified atom stereocenters. The fourth-order valence-electron chi connectivity index (χ4n) is 1.48. The van der Waals surface area contributed by atoms with Crippen LogP contribution < -0.4 is 10.6 Å². The van der Waals surface area contributed by atoms with Crippen LogP contribution in [-0.4, -0.2) is 18.0 Å². The predicted molar refractivity (Wildman–Crippen MR) is 67.8 cm³/mol. The van der Waals surface area contributed by atoms with Gasteiger partial charge in [0.15, 0.2) is 0 Å². The van der Waals surface area contributed by atoms with E-state index in [1.54, 1.807) is 6.07 Å². The van der Waals surface area contributed by atoms with Crippen LogP contribution in [0.2, 0.25) is 0 Å². The SMILES string of the molecule is CCNc1c(F)cccc1C(=O)NC(C)(C)C. The normalized spacial score (nSPS) is 11.1. The number of para-hydroxylation sites is 1. The average Bonchev–Trinajstić information content (AvgIpc) is 2.18. The fraction of sp³-hybridized carbons (Fsp3) is 0.462. The van der Waals surface area contributed by atoms with Gasteiger partial charge in [-0.15, -0.1) is 0 Å². The minimum absolute atomic E-state index is 0.261. The van der Waals surface area contributed by atoms with Crippen molar-refractivity contribution < 1.29 is 9.18 Å². The molecule has 0 spiro atoms. The van der Waals surface area contributed by atoms with Crippen molar-refractivity contribution >= 4 is 11.6 Å². The highest BCUT2D eigenvalue weighted by molar-refractivity contribution is 6.00. The molecular formula is C13H19FN2O. The standard InChI is InChI=1S/C13H19FN2O/c1-5-15-11-9(7-6-8-10(11)14)12(17)16-13(2,3)4/h6-8,15H,5H2,1-4H3,(H,16,17). The van der Waals surface area contributed by atoms with Crippen LogP contribution in [0.5, 0.6) is 0 Å². The van der Waals surface area contributed by atoms with E-state index in [0.29, 0.717) is 12.1 Å². The Morgan fingerprint density at radius 2 is 2.00 bits per heavy atom. The first kappa shape index (κ1) is 13.5. The van der Waals surface area contributed by atoms with Crippen LogP contribution >= 0.6 is 0 Å². The number of nitrogens with one attached hydrogen (secondary N) is 2. The van der Waals surface area contributed by atoms with Crippen molar-refractivity contribution in [1.82, 2.24) is 5.32 Å². The Morgan fingerprint density at radius 3 is 2.53 bits per heavy atom. The van der Waals surface area contributed by atoms with Crippen molar-refractivity contribution in [3.05, 3.63) is 29.6 Å². The van der Waals surface area contributed by atoms with Crippen LogP contribution in [0.1, 0.15) is 38.1 Å². The lowest BCUT2D eigenvalue weighted by atomic mass is 10.1. The molecule has 2 N–H and O–H groups in total. The number of rotatable bonds is 3. The van der Waals surface area contributed by atoms with E-state index in [-0.39, 0.29) is 17.1 Å². The third-order valence-electron chi connectivity index (χ3n) is 2.10. The van der Waals surface area contributed by atoms with Crippen molar-refractivity contribution in [3.63, 3.8) is 0 Å². The van der Waals surface area contributed by atoms with Gasteiger partial charge in [-0.1, -0.05) is 6.07 Å². The first-order valence-corrected chi connectivity index (χ1v) is 5.70. The first-order valence-electron chi connectivity index (χ1n) is 5.70. The smallest absolute Gasteiger partial charge is 0.253 e. The number of amides is 1. The van der Waals surface area contributed by atoms with Gasteiger partial charge in [0.25, 0.3) is 5.91 Å². The Morgan fingerprint density at radius 1 is 1.35 bits per heavy atom. The molecule has 0 bridgehead atoms. The summed E-state index contributed by atoms with van der Waals surface area (Å²) in [4.78, 5) is 12.0. The fourth-order valence-corrected chi connectivity index (χ4v) is 1.48. The molecule has 1 aromatic carbocycles. The van der Waals surface area contributed by atoms with Crippen molar-refractivity contribution in [3.8, 4) is 0 Å². The van der Waals surface area contributed by atoms with Gasteiger partial charge < -0.3 is 10.6 Å². The maximum absolute atomic E-state index is 13.6. The van der Waals surface area contributed by atoms with E-state index < -0.39 is 5.82 Å². The molecule has 0 aromatic heterocycles. The topological polar surface area (TPSA) is 41.1 Å². The molecule has 0 aliphatic heterocycles. The molecule has 94 valence electrons. The number of hydrogen-bond donors (Lipinski definition) is 2. The quantitative estimate of drug-likeness (QED) is 0.850. The number of anilines is 1. The molecule has 1 aromatic rings. The van der Waals surface area contributed by atoms with Crippen LogP contribution in [0.4, 0.5) is 10.1 Å². The van der Waals surface area contributed by atoms with E-state index in [2.05, 4.69) is 10.6 Å². The molecule has 0 saturated heterocycles. The second kappa shape index (κ2) is 5.17. The van der Waals surface area contributed by atoms with Crippen LogP contribution in [0.3, 0.4) is 0 Å². The number of carbonyl (C=O) groups excluding carboxylic acids is 1. The van der Waals surface area contributed by atoms with E-state index in [4.69, 9.17) is 0 Å². The summed E-state index contributed by atoms with van der Waals surface area (Å²) in [6.45, 7) is 8.08. The minimum Gasteiger partial charge on any atom is -0.382 e. The molecule has 0 saturated carbocycles. The molecule has 1 amide bonds. The Hall–Kier alpha value is -1.58. The Labute approximate surface area is 101 Å². The van der Waals surface area contributed by atoms with E-state index in [1.807, 2.05) is 27.7 Å². The van der Waals surface area contributed by atoms with Gasteiger partial charge in [0.2, 0.25) is 0 Å². The van der Waals surface area contributed by atoms with Gasteiger partial charge >= 0.3 is 0 Å². The summed E-state index contributed by atoms with van der Waals surface area (Å²) in [5.41, 5.74) is 0.255. The summed E-state index contributed by atoms with van der Waals surface area (Å²) in [6, 6.07) is 4.49. The summed E-state index contributed by atoms with van der Waals surface area (Å²) in [5, 5.41) is 5.69. The molecule has 17 heavy (non-hydrogen) atoms. The summed E-state index contributed by atoms with van der Waals surface area (Å²) >= 11 is 0. The molecule has 0 fully saturated rings. The lowest BCUT2D eigenvalue weighted by molar-refractivity contribution is 0.0920. The van der Waals surface area contributed by atoms with Crippen molar-refractivity contribution in [1.29, 1.82) is 0 Å². The Balaban J connectivity index is 3.04. The molecule has 4 heteroatoms. The highest BCUT2D eigenvalue weighted by Crippen LogP contribution is 2.20. The summed E-state index contributed by atoms with van der Waals surface area (Å²) in [6.07, 6.45) is 0. The molecule has 0 aliphatic rings. The summed E-state index contributed by atoms with van der Waals surface area (Å²) < 4.78 is 13.6. The molecule has 3 nitrogen and oxygen atoms in total. The van der Waals surface area contributed by atoms with Crippen LogP contribution in [-0.2, 0) is 0 Å². The molecule has 0 heterocycles. The lowest BCUT2D eigenvalue weighted by Crippen LogP contribution is -2.40. The van der Waals surface area contributed by atoms with Gasteiger partial charge in [-0.2, -0.15) is 0 Å². The van der Waals surface area contributed by atoms with Gasteiger partial charge in [-0.3, -0.25) is 4.79 Å². The Bertz CT molecular complexity index is 410. The third-order valence-corrected chi connectivity index (χ3v) is 2.10. The van der Waals surface area contributed by atoms with Crippen LogP contribution in [0.15, 0.2) is 18.2 Å². The number of benzene rings is 1. The monoisotopic (exact) mass is 238 g/mol. The zero-order valence-electron chi connectivity index (χ0n) is 10.7. The molecule has 1 rings (SSSR count). The van der Waals surface area contributed by atoms with Crippen LogP contribution in [0, 0.1) is 5.82 Å². The number of hydrogen-bond acceptors (Lipinski definition) is 2. The molecule has 0 atom stereocenters. The Kier molecular flexibility index (Phi) is 4.10. The maximum atomic E-state index is 13.6. The second-order valence-corrected chi connectivity index (χ2v) is 4.90. The second-order valence-electron chi connectivity index (χ2n) is 4.90. The largest absolute Gasteiger partial charge is 0.382 e. The maximum Gasteiger partial charge on any atom is 0.253 e. The van der Waals surface area contributed by atoms with E-state index >= 15 is 0 Å². The van der Waals surface area contributed by atoms with Gasteiger partial charge in [0.1, 0.15) is 5.82 Å². The molecule has 0 aliphatic carbocycles. The minimum atomic E-state index is -0.409. The summed E-state index contributed by atoms with van der Waals surface area (Å²) in [7, 11) is 0. The number of carbonyl (C=O) groups is 1. The third kappa shape index (κ3) is 3.73. The van der Waals surface area contributed by atoms with Crippen molar-refractivity contribution in [2.45, 2.75) is 33.2 Å². The average molecular weight is 238 g/mol. The highest BCUT2D eigenvalue weighted by atomic mass is 19.1. The van der Waals surface area contributed by atoms with Crippen molar-refractivity contribution in [2.24, 2.45) is 0 Å². The predicted octanol–water partition coefficient (Wildman–Crippen LogP) is 2.79.